The van der Waals surface area contributed by atoms with Crippen LogP contribution in [0.3, 0.4) is 0 Å². The van der Waals surface area contributed by atoms with E-state index in [-0.39, 0.29) is 29.9 Å². The van der Waals surface area contributed by atoms with E-state index in [0.717, 1.165) is 37.6 Å². The number of benzene rings is 1. The van der Waals surface area contributed by atoms with Gasteiger partial charge in [-0.25, -0.2) is 4.99 Å². The molecule has 1 aliphatic heterocycles. The SMILES string of the molecule is CCCNC(=O)c1cccc(CN=C(NCC)N2CCCC(C)C2)c1.I. The number of guanidine groups is 1. The topological polar surface area (TPSA) is 56.7 Å². The van der Waals surface area contributed by atoms with Gasteiger partial charge in [-0.15, -0.1) is 24.0 Å². The van der Waals surface area contributed by atoms with Gasteiger partial charge < -0.3 is 15.5 Å². The Labute approximate surface area is 175 Å². The summed E-state index contributed by atoms with van der Waals surface area (Å²) in [5.74, 6) is 1.68. The van der Waals surface area contributed by atoms with E-state index in [1.807, 2.05) is 24.3 Å². The first-order valence-electron chi connectivity index (χ1n) is 9.54. The summed E-state index contributed by atoms with van der Waals surface area (Å²) in [6.07, 6.45) is 3.46. The van der Waals surface area contributed by atoms with E-state index in [1.54, 1.807) is 0 Å². The van der Waals surface area contributed by atoms with Crippen LogP contribution < -0.4 is 10.6 Å². The van der Waals surface area contributed by atoms with Gasteiger partial charge in [-0.1, -0.05) is 26.0 Å². The summed E-state index contributed by atoms with van der Waals surface area (Å²) in [7, 11) is 0. The number of aliphatic imine (C=N–C) groups is 1. The van der Waals surface area contributed by atoms with Crippen molar-refractivity contribution in [3.63, 3.8) is 0 Å². The Morgan fingerprint density at radius 2 is 2.12 bits per heavy atom. The van der Waals surface area contributed by atoms with Crippen molar-refractivity contribution in [3.05, 3.63) is 35.4 Å². The summed E-state index contributed by atoms with van der Waals surface area (Å²) in [5, 5.41) is 6.33. The third-order valence-corrected chi connectivity index (χ3v) is 4.43. The van der Waals surface area contributed by atoms with E-state index in [1.165, 1.54) is 12.8 Å². The molecule has 0 aromatic heterocycles. The summed E-state index contributed by atoms with van der Waals surface area (Å²) < 4.78 is 0. The summed E-state index contributed by atoms with van der Waals surface area (Å²) in [6.45, 7) is 10.7. The van der Waals surface area contributed by atoms with Crippen molar-refractivity contribution >= 4 is 35.8 Å². The Balaban J connectivity index is 0.00000338. The normalized spacial score (nSPS) is 17.4. The number of carbonyl (C=O) groups excluding carboxylic acids is 1. The molecule has 0 aliphatic carbocycles. The van der Waals surface area contributed by atoms with Gasteiger partial charge in [0.05, 0.1) is 6.54 Å². The third kappa shape index (κ3) is 7.13. The van der Waals surface area contributed by atoms with Crippen LogP contribution in [0, 0.1) is 5.92 Å². The van der Waals surface area contributed by atoms with Gasteiger partial charge in [0.15, 0.2) is 5.96 Å². The number of hydrogen-bond donors (Lipinski definition) is 2. The van der Waals surface area contributed by atoms with Crippen LogP contribution in [-0.4, -0.2) is 42.9 Å². The molecule has 1 fully saturated rings. The fraction of sp³-hybridized carbons (Fsp3) is 0.600. The maximum atomic E-state index is 12.1. The van der Waals surface area contributed by atoms with E-state index in [4.69, 9.17) is 4.99 Å². The second kappa shape index (κ2) is 12.1. The standard InChI is InChI=1S/C20H32N4O.HI/c1-4-11-22-19(25)18-10-6-9-17(13-18)14-23-20(21-5-2)24-12-7-8-16(3)15-24;/h6,9-10,13,16H,4-5,7-8,11-12,14-15H2,1-3H3,(H,21,23)(H,22,25);1H. The summed E-state index contributed by atoms with van der Waals surface area (Å²) in [5.41, 5.74) is 1.77. The van der Waals surface area contributed by atoms with Crippen LogP contribution in [0.1, 0.15) is 56.0 Å². The summed E-state index contributed by atoms with van der Waals surface area (Å²) in [4.78, 5) is 19.3. The first-order valence-corrected chi connectivity index (χ1v) is 9.54. The lowest BCUT2D eigenvalue weighted by atomic mass is 10.0. The molecule has 1 amide bonds. The van der Waals surface area contributed by atoms with E-state index in [2.05, 4.69) is 36.3 Å². The van der Waals surface area contributed by atoms with Gasteiger partial charge in [0.25, 0.3) is 5.91 Å². The van der Waals surface area contributed by atoms with Gasteiger partial charge in [0.1, 0.15) is 0 Å². The first-order chi connectivity index (χ1) is 12.1. The highest BCUT2D eigenvalue weighted by Gasteiger charge is 2.19. The number of likely N-dealkylation sites (tertiary alicyclic amines) is 1. The van der Waals surface area contributed by atoms with Crippen LogP contribution in [0.25, 0.3) is 0 Å². The van der Waals surface area contributed by atoms with Gasteiger partial charge >= 0.3 is 0 Å². The molecule has 26 heavy (non-hydrogen) atoms. The van der Waals surface area contributed by atoms with Crippen molar-refractivity contribution in [3.8, 4) is 0 Å². The smallest absolute Gasteiger partial charge is 0.251 e. The van der Waals surface area contributed by atoms with Crippen LogP contribution in [0.2, 0.25) is 0 Å². The van der Waals surface area contributed by atoms with Crippen molar-refractivity contribution in [1.29, 1.82) is 0 Å². The van der Waals surface area contributed by atoms with Crippen LogP contribution in [-0.2, 0) is 6.54 Å². The number of carbonyl (C=O) groups is 1. The highest BCUT2D eigenvalue weighted by molar-refractivity contribution is 14.0. The molecule has 2 rings (SSSR count). The van der Waals surface area contributed by atoms with Crippen molar-refractivity contribution in [2.75, 3.05) is 26.2 Å². The van der Waals surface area contributed by atoms with Gasteiger partial charge in [0, 0.05) is 31.7 Å². The molecule has 1 unspecified atom stereocenters. The second-order valence-corrected chi connectivity index (χ2v) is 6.82. The lowest BCUT2D eigenvalue weighted by molar-refractivity contribution is 0.0953. The molecule has 0 saturated carbocycles. The molecule has 1 heterocycles. The molecular formula is C20H33IN4O. The van der Waals surface area contributed by atoms with Crippen molar-refractivity contribution in [2.45, 2.75) is 46.6 Å². The van der Waals surface area contributed by atoms with Crippen LogP contribution in [0.15, 0.2) is 29.3 Å². The summed E-state index contributed by atoms with van der Waals surface area (Å²) >= 11 is 0. The lowest BCUT2D eigenvalue weighted by Crippen LogP contribution is -2.46. The molecule has 0 bridgehead atoms. The Bertz CT molecular complexity index is 591. The number of halogens is 1. The second-order valence-electron chi connectivity index (χ2n) is 6.82. The zero-order valence-electron chi connectivity index (χ0n) is 16.3. The van der Waals surface area contributed by atoms with Gasteiger partial charge in [-0.05, 0) is 49.8 Å². The molecule has 146 valence electrons. The molecule has 1 atom stereocenters. The minimum Gasteiger partial charge on any atom is -0.357 e. The highest BCUT2D eigenvalue weighted by Crippen LogP contribution is 2.16. The van der Waals surface area contributed by atoms with Crippen LogP contribution in [0.4, 0.5) is 0 Å². The quantitative estimate of drug-likeness (QED) is 0.378. The number of amides is 1. The third-order valence-electron chi connectivity index (χ3n) is 4.43. The van der Waals surface area contributed by atoms with Crippen LogP contribution >= 0.6 is 24.0 Å². The predicted octanol–water partition coefficient (Wildman–Crippen LogP) is 3.64. The minimum absolute atomic E-state index is 0. The first kappa shape index (κ1) is 22.7. The average Bonchev–Trinajstić information content (AvgIpc) is 2.63. The molecule has 1 aromatic rings. The number of hydrogen-bond acceptors (Lipinski definition) is 2. The molecular weight excluding hydrogens is 439 g/mol. The van der Waals surface area contributed by atoms with E-state index < -0.39 is 0 Å². The Morgan fingerprint density at radius 3 is 2.81 bits per heavy atom. The van der Waals surface area contributed by atoms with Crippen molar-refractivity contribution < 1.29 is 4.79 Å². The molecule has 1 aromatic carbocycles. The maximum Gasteiger partial charge on any atom is 0.251 e. The minimum atomic E-state index is -0.00978. The number of nitrogens with zero attached hydrogens (tertiary/aromatic N) is 2. The number of piperidine rings is 1. The van der Waals surface area contributed by atoms with E-state index in [0.29, 0.717) is 24.6 Å². The van der Waals surface area contributed by atoms with Crippen LogP contribution in [0.5, 0.6) is 0 Å². The fourth-order valence-corrected chi connectivity index (χ4v) is 3.13. The van der Waals surface area contributed by atoms with Gasteiger partial charge in [-0.3, -0.25) is 4.79 Å². The molecule has 1 saturated heterocycles. The monoisotopic (exact) mass is 472 g/mol. The highest BCUT2D eigenvalue weighted by atomic mass is 127. The molecule has 5 nitrogen and oxygen atoms in total. The van der Waals surface area contributed by atoms with Gasteiger partial charge in [0.2, 0.25) is 0 Å². The molecule has 0 spiro atoms. The van der Waals surface area contributed by atoms with Crippen molar-refractivity contribution in [1.82, 2.24) is 15.5 Å². The van der Waals surface area contributed by atoms with Gasteiger partial charge in [-0.2, -0.15) is 0 Å². The zero-order chi connectivity index (χ0) is 18.1. The largest absolute Gasteiger partial charge is 0.357 e. The Kier molecular flexibility index (Phi) is 10.6. The van der Waals surface area contributed by atoms with E-state index >= 15 is 0 Å². The average molecular weight is 472 g/mol. The fourth-order valence-electron chi connectivity index (χ4n) is 3.13. The van der Waals surface area contributed by atoms with E-state index in [9.17, 15) is 4.79 Å². The summed E-state index contributed by atoms with van der Waals surface area (Å²) in [6, 6.07) is 7.76. The predicted molar refractivity (Wildman–Crippen MR) is 119 cm³/mol. The molecule has 6 heteroatoms. The maximum absolute atomic E-state index is 12.1. The Morgan fingerprint density at radius 1 is 1.31 bits per heavy atom. The Hall–Kier alpha value is -1.31. The molecule has 0 radical (unpaired) electrons. The molecule has 1 aliphatic rings. The number of rotatable bonds is 6. The molecule has 2 N–H and O–H groups in total. The number of nitrogens with one attached hydrogen (secondary N) is 2. The lowest BCUT2D eigenvalue weighted by Gasteiger charge is -2.33. The zero-order valence-corrected chi connectivity index (χ0v) is 18.6. The van der Waals surface area contributed by atoms with Crippen molar-refractivity contribution in [2.24, 2.45) is 10.9 Å².